The largest absolute Gasteiger partial charge is 0.478 e. The third kappa shape index (κ3) is 5.05. The van der Waals surface area contributed by atoms with Crippen LogP contribution < -0.4 is 10.5 Å². The lowest BCUT2D eigenvalue weighted by atomic mass is 10.1. The number of benzene rings is 2. The van der Waals surface area contributed by atoms with Gasteiger partial charge in [0.05, 0.1) is 0 Å². The van der Waals surface area contributed by atoms with Gasteiger partial charge in [-0.3, -0.25) is 4.79 Å². The maximum absolute atomic E-state index is 14.7. The highest BCUT2D eigenvalue weighted by Crippen LogP contribution is 2.34. The quantitative estimate of drug-likeness (QED) is 0.420. The van der Waals surface area contributed by atoms with Gasteiger partial charge in [0.15, 0.2) is 17.7 Å². The van der Waals surface area contributed by atoms with Crippen LogP contribution in [-0.2, 0) is 6.42 Å². The summed E-state index contributed by atoms with van der Waals surface area (Å²) in [4.78, 5) is 16.0. The van der Waals surface area contributed by atoms with Gasteiger partial charge in [0, 0.05) is 17.0 Å². The van der Waals surface area contributed by atoms with Crippen LogP contribution in [0.15, 0.2) is 40.8 Å². The molecule has 164 valence electrons. The molecule has 0 bridgehead atoms. The van der Waals surface area contributed by atoms with Crippen molar-refractivity contribution in [2.45, 2.75) is 45.6 Å². The van der Waals surface area contributed by atoms with Crippen molar-refractivity contribution in [3.63, 3.8) is 0 Å². The molecule has 5 nitrogen and oxygen atoms in total. The van der Waals surface area contributed by atoms with Crippen LogP contribution >= 0.6 is 11.6 Å². The third-order valence-corrected chi connectivity index (χ3v) is 4.96. The van der Waals surface area contributed by atoms with Crippen molar-refractivity contribution >= 4 is 17.5 Å². The zero-order chi connectivity index (χ0) is 22.5. The smallest absolute Gasteiger partial charge is 0.254 e. The van der Waals surface area contributed by atoms with E-state index in [0.29, 0.717) is 35.7 Å². The molecule has 1 unspecified atom stereocenters. The number of halogens is 3. The van der Waals surface area contributed by atoms with Crippen LogP contribution in [-0.4, -0.2) is 10.9 Å². The number of ether oxygens (including phenoxy) is 1. The molecule has 2 aromatic carbocycles. The van der Waals surface area contributed by atoms with Crippen LogP contribution in [0, 0.1) is 11.6 Å². The molecule has 1 atom stereocenters. The number of carbonyl (C=O) groups excluding carboxylic acids is 1. The Hall–Kier alpha value is -2.93. The van der Waals surface area contributed by atoms with Crippen molar-refractivity contribution in [3.8, 4) is 17.0 Å². The molecule has 31 heavy (non-hydrogen) atoms. The number of hydrogen-bond acceptors (Lipinski definition) is 4. The maximum Gasteiger partial charge on any atom is 0.254 e. The molecule has 0 saturated heterocycles. The summed E-state index contributed by atoms with van der Waals surface area (Å²) in [7, 11) is 0. The molecule has 0 aliphatic rings. The lowest BCUT2D eigenvalue weighted by Gasteiger charge is -2.17. The summed E-state index contributed by atoms with van der Waals surface area (Å²) in [5, 5.41) is 0.605. The molecule has 0 aliphatic heterocycles. The fraction of sp³-hybridized carbons (Fsp3) is 0.304. The van der Waals surface area contributed by atoms with Crippen LogP contribution in [0.5, 0.6) is 5.75 Å². The second-order valence-electron chi connectivity index (χ2n) is 7.07. The van der Waals surface area contributed by atoms with Crippen molar-refractivity contribution in [1.82, 2.24) is 4.98 Å². The predicted octanol–water partition coefficient (Wildman–Crippen LogP) is 6.24. The Bertz CT molecular complexity index is 1070. The van der Waals surface area contributed by atoms with Crippen molar-refractivity contribution in [2.75, 3.05) is 0 Å². The van der Waals surface area contributed by atoms with Crippen molar-refractivity contribution in [3.05, 3.63) is 70.3 Å². The molecule has 0 spiro atoms. The average molecular weight is 449 g/mol. The van der Waals surface area contributed by atoms with Gasteiger partial charge in [-0.25, -0.2) is 13.8 Å². The van der Waals surface area contributed by atoms with E-state index in [-0.39, 0.29) is 11.6 Å². The molecule has 0 saturated carbocycles. The fourth-order valence-corrected chi connectivity index (χ4v) is 3.36. The molecule has 1 aromatic heterocycles. The molecule has 2 N–H and O–H groups in total. The monoisotopic (exact) mass is 448 g/mol. The van der Waals surface area contributed by atoms with Crippen LogP contribution in [0.1, 0.15) is 61.2 Å². The third-order valence-electron chi connectivity index (χ3n) is 4.71. The Labute approximate surface area is 184 Å². The van der Waals surface area contributed by atoms with Crippen molar-refractivity contribution in [2.24, 2.45) is 5.73 Å². The van der Waals surface area contributed by atoms with Gasteiger partial charge >= 0.3 is 0 Å². The number of oxazole rings is 1. The maximum atomic E-state index is 14.7. The molecule has 0 aliphatic carbocycles. The highest BCUT2D eigenvalue weighted by Gasteiger charge is 2.26. The Balaban J connectivity index is 2.00. The Morgan fingerprint density at radius 1 is 1.16 bits per heavy atom. The minimum Gasteiger partial charge on any atom is -0.478 e. The van der Waals surface area contributed by atoms with Gasteiger partial charge in [0.25, 0.3) is 5.91 Å². The normalized spacial score (nSPS) is 12.0. The summed E-state index contributed by atoms with van der Waals surface area (Å²) in [5.41, 5.74) is 5.76. The first-order chi connectivity index (χ1) is 14.8. The Morgan fingerprint density at radius 3 is 2.48 bits per heavy atom. The lowest BCUT2D eigenvalue weighted by molar-refractivity contribution is 0.0988. The lowest BCUT2D eigenvalue weighted by Crippen LogP contribution is -2.17. The van der Waals surface area contributed by atoms with Gasteiger partial charge in [-0.15, -0.1) is 0 Å². The number of amides is 1. The number of nitrogens with two attached hydrogens (primary N) is 1. The second-order valence-corrected chi connectivity index (χ2v) is 7.51. The van der Waals surface area contributed by atoms with E-state index in [1.807, 2.05) is 26.0 Å². The SMILES string of the molecule is CCCc1oc(C(CCC)Oc2ccc(F)c(C(N)=O)c2F)nc1-c1ccc(Cl)cc1. The second kappa shape index (κ2) is 9.92. The summed E-state index contributed by atoms with van der Waals surface area (Å²) < 4.78 is 40.3. The molecule has 8 heteroatoms. The number of primary amides is 1. The van der Waals surface area contributed by atoms with E-state index in [4.69, 9.17) is 26.5 Å². The van der Waals surface area contributed by atoms with E-state index in [2.05, 4.69) is 4.98 Å². The molecular formula is C23H23ClF2N2O3. The van der Waals surface area contributed by atoms with Crippen molar-refractivity contribution < 1.29 is 22.7 Å². The molecule has 3 aromatic rings. The first-order valence-electron chi connectivity index (χ1n) is 10.1. The summed E-state index contributed by atoms with van der Waals surface area (Å²) in [6, 6.07) is 9.28. The summed E-state index contributed by atoms with van der Waals surface area (Å²) in [6.45, 7) is 3.95. The van der Waals surface area contributed by atoms with E-state index >= 15 is 0 Å². The highest BCUT2D eigenvalue weighted by atomic mass is 35.5. The zero-order valence-corrected chi connectivity index (χ0v) is 18.0. The van der Waals surface area contributed by atoms with Gasteiger partial charge in [0.1, 0.15) is 22.8 Å². The number of aromatic nitrogens is 1. The highest BCUT2D eigenvalue weighted by molar-refractivity contribution is 6.30. The van der Waals surface area contributed by atoms with Crippen LogP contribution in [0.25, 0.3) is 11.3 Å². The van der Waals surface area contributed by atoms with E-state index in [1.165, 1.54) is 0 Å². The summed E-state index contributed by atoms with van der Waals surface area (Å²) >= 11 is 5.99. The number of rotatable bonds is 9. The van der Waals surface area contributed by atoms with Crippen molar-refractivity contribution in [1.29, 1.82) is 0 Å². The average Bonchev–Trinajstić information content (AvgIpc) is 3.14. The number of hydrogen-bond donors (Lipinski definition) is 1. The minimum atomic E-state index is -1.21. The first kappa shape index (κ1) is 22.7. The minimum absolute atomic E-state index is 0.277. The molecule has 3 rings (SSSR count). The Morgan fingerprint density at radius 2 is 1.87 bits per heavy atom. The van der Waals surface area contributed by atoms with Gasteiger partial charge in [-0.1, -0.05) is 44.0 Å². The van der Waals surface area contributed by atoms with E-state index in [9.17, 15) is 13.6 Å². The summed E-state index contributed by atoms with van der Waals surface area (Å²) in [5.74, 6) is -2.74. The van der Waals surface area contributed by atoms with Gasteiger partial charge in [-0.2, -0.15) is 0 Å². The molecule has 0 fully saturated rings. The number of nitrogens with zero attached hydrogens (tertiary/aromatic N) is 1. The van der Waals surface area contributed by atoms with Gasteiger partial charge in [-0.05, 0) is 37.1 Å². The Kier molecular flexibility index (Phi) is 7.28. The molecule has 1 amide bonds. The van der Waals surface area contributed by atoms with E-state index < -0.39 is 29.2 Å². The van der Waals surface area contributed by atoms with Crippen LogP contribution in [0.2, 0.25) is 5.02 Å². The molecule has 1 heterocycles. The number of carbonyl (C=O) groups is 1. The van der Waals surface area contributed by atoms with Gasteiger partial charge < -0.3 is 14.9 Å². The molecule has 0 radical (unpaired) electrons. The predicted molar refractivity (Wildman–Crippen MR) is 114 cm³/mol. The van der Waals surface area contributed by atoms with Crippen LogP contribution in [0.4, 0.5) is 8.78 Å². The summed E-state index contributed by atoms with van der Waals surface area (Å²) in [6.07, 6.45) is 1.92. The van der Waals surface area contributed by atoms with E-state index in [1.54, 1.807) is 12.1 Å². The van der Waals surface area contributed by atoms with E-state index in [0.717, 1.165) is 24.1 Å². The zero-order valence-electron chi connectivity index (χ0n) is 17.3. The number of aryl methyl sites for hydroxylation is 1. The standard InChI is InChI=1S/C23H23ClF2N2O3/c1-3-5-17-21(13-7-9-14(24)10-8-13)28-23(31-17)18(6-4-2)30-16-12-11-15(25)19(20(16)26)22(27)29/h7-12,18H,3-6H2,1-2H3,(H2,27,29). The topological polar surface area (TPSA) is 78.4 Å². The first-order valence-corrected chi connectivity index (χ1v) is 10.4. The van der Waals surface area contributed by atoms with Crippen LogP contribution in [0.3, 0.4) is 0 Å². The molecular weight excluding hydrogens is 426 g/mol. The fourth-order valence-electron chi connectivity index (χ4n) is 3.24. The van der Waals surface area contributed by atoms with Gasteiger partial charge in [0.2, 0.25) is 5.89 Å².